The van der Waals surface area contributed by atoms with Gasteiger partial charge in [0.25, 0.3) is 0 Å². The molecule has 0 radical (unpaired) electrons. The van der Waals surface area contributed by atoms with Gasteiger partial charge in [-0.25, -0.2) is 19.5 Å². The van der Waals surface area contributed by atoms with Crippen LogP contribution in [-0.4, -0.2) is 30.0 Å². The third kappa shape index (κ3) is 5.92. The maximum atomic E-state index is 11.4. The monoisotopic (exact) mass is 354 g/mol. The summed E-state index contributed by atoms with van der Waals surface area (Å²) in [5.74, 6) is -2.31. The largest absolute Gasteiger partial charge is 0.412 e. The van der Waals surface area contributed by atoms with Crippen LogP contribution in [-0.2, 0) is 9.88 Å². The molecule has 0 aliphatic heterocycles. The molecule has 0 bridgehead atoms. The summed E-state index contributed by atoms with van der Waals surface area (Å²) in [4.78, 5) is 47.9. The quantitative estimate of drug-likeness (QED) is 0.777. The van der Waals surface area contributed by atoms with E-state index in [1.165, 1.54) is 36.4 Å². The number of rotatable bonds is 4. The van der Waals surface area contributed by atoms with Crippen molar-refractivity contribution in [1.82, 2.24) is 0 Å². The second-order valence-corrected chi connectivity index (χ2v) is 4.14. The number of aldehydes is 2. The predicted molar refractivity (Wildman–Crippen MR) is 80.3 cm³/mol. The molecule has 2 rings (SSSR count). The van der Waals surface area contributed by atoms with Crippen molar-refractivity contribution in [2.24, 2.45) is 0 Å². The van der Waals surface area contributed by atoms with Crippen LogP contribution in [0.1, 0.15) is 41.4 Å². The van der Waals surface area contributed by atoms with Crippen LogP contribution in [0.15, 0.2) is 48.5 Å². The van der Waals surface area contributed by atoms with Gasteiger partial charge in [-0.1, -0.05) is 36.4 Å². The lowest BCUT2D eigenvalue weighted by Gasteiger charge is -1.96. The van der Waals surface area contributed by atoms with Crippen LogP contribution in [0.2, 0.25) is 0 Å². The summed E-state index contributed by atoms with van der Waals surface area (Å²) >= 11 is 0. The number of carbonyl (C=O) groups excluding carboxylic acids is 4. The standard InChI is InChI=1S/2C8H5FO3.H2O/c2*9-12-8(11)7-4-2-1-3-6(7)5-10;/h2*1-5H;1H2. The second kappa shape index (κ2) is 11.1. The van der Waals surface area contributed by atoms with E-state index in [9.17, 15) is 28.2 Å². The SMILES string of the molecule is O.O=Cc1ccccc1C(=O)OF.O=Cc1ccccc1C(=O)OF. The molecule has 2 N–H and O–H groups in total. The van der Waals surface area contributed by atoms with Crippen molar-refractivity contribution in [3.05, 3.63) is 70.8 Å². The van der Waals surface area contributed by atoms with Crippen LogP contribution < -0.4 is 0 Å². The van der Waals surface area contributed by atoms with Crippen molar-refractivity contribution in [2.45, 2.75) is 0 Å². The molecular weight excluding hydrogens is 342 g/mol. The number of hydrogen-bond acceptors (Lipinski definition) is 6. The first-order chi connectivity index (χ1) is 11.6. The minimum atomic E-state index is -1.15. The molecule has 0 aliphatic carbocycles. The highest BCUT2D eigenvalue weighted by molar-refractivity contribution is 5.98. The van der Waals surface area contributed by atoms with E-state index in [2.05, 4.69) is 9.88 Å². The Kier molecular flexibility index (Phi) is 9.59. The van der Waals surface area contributed by atoms with Crippen molar-refractivity contribution in [3.63, 3.8) is 0 Å². The molecule has 2 aromatic rings. The summed E-state index contributed by atoms with van der Waals surface area (Å²) in [6, 6.07) is 11.6. The molecule has 25 heavy (non-hydrogen) atoms. The highest BCUT2D eigenvalue weighted by Crippen LogP contribution is 2.08. The van der Waals surface area contributed by atoms with Gasteiger partial charge in [0.05, 0.1) is 11.1 Å². The normalized spacial score (nSPS) is 8.72. The van der Waals surface area contributed by atoms with E-state index >= 15 is 0 Å². The van der Waals surface area contributed by atoms with Crippen molar-refractivity contribution >= 4 is 24.5 Å². The Morgan fingerprint density at radius 3 is 1.32 bits per heavy atom. The molecule has 0 amide bonds. The van der Waals surface area contributed by atoms with Crippen molar-refractivity contribution in [3.8, 4) is 0 Å². The van der Waals surface area contributed by atoms with Crippen LogP contribution in [0.3, 0.4) is 0 Å². The molecule has 0 spiro atoms. The fourth-order valence-electron chi connectivity index (χ4n) is 1.65. The lowest BCUT2D eigenvalue weighted by molar-refractivity contribution is -0.0790. The summed E-state index contributed by atoms with van der Waals surface area (Å²) in [5.41, 5.74) is 0.0744. The molecule has 2 aromatic carbocycles. The van der Waals surface area contributed by atoms with E-state index in [0.29, 0.717) is 12.6 Å². The maximum Gasteiger partial charge on any atom is 0.380 e. The maximum absolute atomic E-state index is 11.4. The molecule has 132 valence electrons. The zero-order valence-corrected chi connectivity index (χ0v) is 12.5. The van der Waals surface area contributed by atoms with Crippen molar-refractivity contribution in [2.75, 3.05) is 0 Å². The van der Waals surface area contributed by atoms with Gasteiger partial charge in [0.1, 0.15) is 0 Å². The second-order valence-electron chi connectivity index (χ2n) is 4.14. The smallest absolute Gasteiger partial charge is 0.380 e. The van der Waals surface area contributed by atoms with E-state index in [1.807, 2.05) is 0 Å². The topological polar surface area (TPSA) is 118 Å². The van der Waals surface area contributed by atoms with Gasteiger partial charge in [-0.3, -0.25) is 9.59 Å². The van der Waals surface area contributed by atoms with Gasteiger partial charge in [0.2, 0.25) is 0 Å². The van der Waals surface area contributed by atoms with Crippen LogP contribution in [0, 0.1) is 0 Å². The van der Waals surface area contributed by atoms with Gasteiger partial charge in [0.15, 0.2) is 12.6 Å². The third-order valence-corrected chi connectivity index (χ3v) is 2.76. The molecule has 0 aliphatic rings. The van der Waals surface area contributed by atoms with Crippen LogP contribution in [0.25, 0.3) is 0 Å². The Bertz CT molecular complexity index is 683. The van der Waals surface area contributed by atoms with E-state index in [1.54, 1.807) is 12.1 Å². The lowest BCUT2D eigenvalue weighted by Crippen LogP contribution is -2.02. The molecule has 7 nitrogen and oxygen atoms in total. The molecular formula is C16H12F2O7. The van der Waals surface area contributed by atoms with E-state index in [0.717, 1.165) is 0 Å². The Morgan fingerprint density at radius 2 is 1.04 bits per heavy atom. The van der Waals surface area contributed by atoms with Crippen LogP contribution in [0.4, 0.5) is 9.05 Å². The van der Waals surface area contributed by atoms with E-state index in [4.69, 9.17) is 0 Å². The number of carbonyl (C=O) groups is 4. The highest BCUT2D eigenvalue weighted by Gasteiger charge is 2.12. The van der Waals surface area contributed by atoms with Gasteiger partial charge in [-0.15, -0.1) is 0 Å². The van der Waals surface area contributed by atoms with Crippen molar-refractivity contribution in [1.29, 1.82) is 0 Å². The summed E-state index contributed by atoms with van der Waals surface area (Å²) in [5, 5.41) is 0. The fourth-order valence-corrected chi connectivity index (χ4v) is 1.65. The first-order valence-corrected chi connectivity index (χ1v) is 6.33. The fraction of sp³-hybridized carbons (Fsp3) is 0. The minimum Gasteiger partial charge on any atom is -0.412 e. The first-order valence-electron chi connectivity index (χ1n) is 6.33. The molecule has 0 saturated carbocycles. The van der Waals surface area contributed by atoms with Crippen LogP contribution in [0.5, 0.6) is 0 Å². The van der Waals surface area contributed by atoms with Crippen LogP contribution >= 0.6 is 0 Å². The third-order valence-electron chi connectivity index (χ3n) is 2.76. The van der Waals surface area contributed by atoms with E-state index < -0.39 is 11.9 Å². The first kappa shape index (κ1) is 21.5. The molecule has 9 heteroatoms. The zero-order valence-electron chi connectivity index (χ0n) is 12.5. The van der Waals surface area contributed by atoms with Crippen molar-refractivity contribution < 1.29 is 43.6 Å². The molecule has 0 heterocycles. The Morgan fingerprint density at radius 1 is 0.720 bits per heavy atom. The summed E-state index contributed by atoms with van der Waals surface area (Å²) in [6.07, 6.45) is 0.929. The average molecular weight is 354 g/mol. The number of hydrogen-bond donors (Lipinski definition) is 0. The Balaban J connectivity index is 0.000000443. The number of halogens is 2. The van der Waals surface area contributed by atoms with Gasteiger partial charge >= 0.3 is 11.9 Å². The molecule has 0 saturated heterocycles. The molecule has 0 aromatic heterocycles. The summed E-state index contributed by atoms with van der Waals surface area (Å²) in [6.45, 7) is 0. The lowest BCUT2D eigenvalue weighted by atomic mass is 10.1. The average Bonchev–Trinajstić information content (AvgIpc) is 2.67. The molecule has 0 atom stereocenters. The van der Waals surface area contributed by atoms with Gasteiger partial charge in [-0.2, -0.15) is 0 Å². The van der Waals surface area contributed by atoms with Gasteiger partial charge < -0.3 is 5.48 Å². The number of benzene rings is 2. The zero-order chi connectivity index (χ0) is 17.9. The minimum absolute atomic E-state index is 0. The summed E-state index contributed by atoms with van der Waals surface area (Å²) in [7, 11) is 0. The van der Waals surface area contributed by atoms with Gasteiger partial charge in [0, 0.05) is 20.2 Å². The van der Waals surface area contributed by atoms with E-state index in [-0.39, 0.29) is 27.7 Å². The Labute approximate surface area is 139 Å². The highest BCUT2D eigenvalue weighted by atomic mass is 19.3. The van der Waals surface area contributed by atoms with Gasteiger partial charge in [-0.05, 0) is 12.1 Å². The Hall–Kier alpha value is -3.46. The predicted octanol–water partition coefficient (Wildman–Crippen LogP) is 2.26. The summed E-state index contributed by atoms with van der Waals surface area (Å²) < 4.78 is 22.8. The molecule has 0 fully saturated rings. The molecule has 0 unspecified atom stereocenters.